The van der Waals surface area contributed by atoms with Crippen LogP contribution in [0, 0.1) is 0 Å². The fourth-order valence-corrected chi connectivity index (χ4v) is 3.98. The Labute approximate surface area is 131 Å². The average Bonchev–Trinajstić information content (AvgIpc) is 3.07. The Kier molecular flexibility index (Phi) is 3.05. The summed E-state index contributed by atoms with van der Waals surface area (Å²) in [7, 11) is 1.90. The quantitative estimate of drug-likeness (QED) is 0.850. The molecule has 0 radical (unpaired) electrons. The first-order chi connectivity index (χ1) is 10.7. The van der Waals surface area contributed by atoms with E-state index in [1.165, 1.54) is 11.1 Å². The number of rotatable bonds is 2. The van der Waals surface area contributed by atoms with Gasteiger partial charge in [0, 0.05) is 25.8 Å². The Bertz CT molecular complexity index is 712. The minimum absolute atomic E-state index is 0.254. The molecule has 0 N–H and O–H groups in total. The molecule has 2 aliphatic heterocycles. The van der Waals surface area contributed by atoms with Crippen molar-refractivity contribution in [2.75, 3.05) is 25.0 Å². The summed E-state index contributed by atoms with van der Waals surface area (Å²) in [6.07, 6.45) is 0.917. The van der Waals surface area contributed by atoms with Crippen LogP contribution >= 0.6 is 0 Å². The summed E-state index contributed by atoms with van der Waals surface area (Å²) in [6.45, 7) is 2.71. The largest absolute Gasteiger partial charge is 0.314 e. The molecule has 22 heavy (non-hydrogen) atoms. The predicted molar refractivity (Wildman–Crippen MR) is 87.9 cm³/mol. The Morgan fingerprint density at radius 2 is 1.77 bits per heavy atom. The van der Waals surface area contributed by atoms with Crippen molar-refractivity contribution >= 4 is 11.6 Å². The molecule has 0 aromatic heterocycles. The maximum atomic E-state index is 12.9. The molecule has 2 aliphatic rings. The average molecular weight is 292 g/mol. The fourth-order valence-electron chi connectivity index (χ4n) is 3.98. The van der Waals surface area contributed by atoms with Crippen molar-refractivity contribution in [3.05, 3.63) is 65.7 Å². The van der Waals surface area contributed by atoms with E-state index < -0.39 is 0 Å². The third-order valence-corrected chi connectivity index (χ3v) is 5.09. The summed E-state index contributed by atoms with van der Waals surface area (Å²) < 4.78 is 0. The highest BCUT2D eigenvalue weighted by Gasteiger charge is 2.53. The predicted octanol–water partition coefficient (Wildman–Crippen LogP) is 2.81. The molecule has 0 saturated carbocycles. The maximum Gasteiger partial charge on any atom is 0.238 e. The highest BCUT2D eigenvalue weighted by atomic mass is 16.2. The van der Waals surface area contributed by atoms with Crippen molar-refractivity contribution in [3.8, 4) is 0 Å². The number of likely N-dealkylation sites (tertiary alicyclic amines) is 1. The van der Waals surface area contributed by atoms with Crippen LogP contribution in [-0.4, -0.2) is 30.9 Å². The zero-order valence-corrected chi connectivity index (χ0v) is 12.8. The van der Waals surface area contributed by atoms with Gasteiger partial charge in [0.1, 0.15) is 0 Å². The fraction of sp³-hybridized carbons (Fsp3) is 0.316. The minimum Gasteiger partial charge on any atom is -0.314 e. The molecule has 2 aromatic carbocycles. The minimum atomic E-state index is -0.333. The monoisotopic (exact) mass is 292 g/mol. The number of hydrogen-bond donors (Lipinski definition) is 0. The molecule has 2 heterocycles. The summed E-state index contributed by atoms with van der Waals surface area (Å²) in [5, 5.41) is 0. The Balaban J connectivity index is 1.63. The molecule has 1 amide bonds. The van der Waals surface area contributed by atoms with Crippen LogP contribution in [0.5, 0.6) is 0 Å². The Morgan fingerprint density at radius 3 is 2.59 bits per heavy atom. The lowest BCUT2D eigenvalue weighted by Crippen LogP contribution is -2.40. The van der Waals surface area contributed by atoms with E-state index in [1.54, 1.807) is 0 Å². The molecule has 112 valence electrons. The van der Waals surface area contributed by atoms with Gasteiger partial charge in [0.15, 0.2) is 0 Å². The van der Waals surface area contributed by atoms with E-state index in [4.69, 9.17) is 0 Å². The second-order valence-electron chi connectivity index (χ2n) is 6.41. The van der Waals surface area contributed by atoms with Gasteiger partial charge in [0.2, 0.25) is 5.91 Å². The first kappa shape index (κ1) is 13.5. The van der Waals surface area contributed by atoms with E-state index in [0.717, 1.165) is 31.7 Å². The van der Waals surface area contributed by atoms with Gasteiger partial charge in [0.05, 0.1) is 5.41 Å². The van der Waals surface area contributed by atoms with Gasteiger partial charge < -0.3 is 4.90 Å². The summed E-state index contributed by atoms with van der Waals surface area (Å²) in [5.74, 6) is 0.254. The van der Waals surface area contributed by atoms with Gasteiger partial charge in [-0.2, -0.15) is 0 Å². The van der Waals surface area contributed by atoms with Crippen LogP contribution in [0.15, 0.2) is 54.6 Å². The van der Waals surface area contributed by atoms with E-state index in [0.29, 0.717) is 0 Å². The van der Waals surface area contributed by atoms with Crippen molar-refractivity contribution in [3.63, 3.8) is 0 Å². The first-order valence-corrected chi connectivity index (χ1v) is 7.85. The van der Waals surface area contributed by atoms with Crippen LogP contribution in [-0.2, 0) is 16.8 Å². The zero-order valence-electron chi connectivity index (χ0n) is 12.8. The molecule has 1 unspecified atom stereocenters. The molecule has 2 aromatic rings. The third-order valence-electron chi connectivity index (χ3n) is 5.09. The number of nitrogens with zero attached hydrogens (tertiary/aromatic N) is 2. The number of para-hydroxylation sites is 1. The summed E-state index contributed by atoms with van der Waals surface area (Å²) in [4.78, 5) is 17.1. The number of benzene rings is 2. The van der Waals surface area contributed by atoms with E-state index in [1.807, 2.05) is 30.1 Å². The molecular formula is C19H20N2O. The van der Waals surface area contributed by atoms with Crippen LogP contribution in [0.25, 0.3) is 0 Å². The number of amides is 1. The Morgan fingerprint density at radius 1 is 1.05 bits per heavy atom. The molecule has 4 rings (SSSR count). The van der Waals surface area contributed by atoms with Crippen LogP contribution in [0.3, 0.4) is 0 Å². The first-order valence-electron chi connectivity index (χ1n) is 7.85. The number of likely N-dealkylation sites (N-methyl/N-ethyl adjacent to an activating group) is 1. The lowest BCUT2D eigenvalue weighted by atomic mass is 9.81. The van der Waals surface area contributed by atoms with Gasteiger partial charge in [-0.3, -0.25) is 9.69 Å². The maximum absolute atomic E-state index is 12.9. The van der Waals surface area contributed by atoms with Crippen LogP contribution < -0.4 is 4.90 Å². The molecule has 1 fully saturated rings. The molecule has 0 aliphatic carbocycles. The second kappa shape index (κ2) is 4.96. The number of fused-ring (bicyclic) bond motifs is 2. The van der Waals surface area contributed by atoms with Crippen molar-refractivity contribution in [1.29, 1.82) is 0 Å². The SMILES string of the molecule is CN1C(=O)C2(CCN(Cc3ccccc3)C2)c2ccccc21. The molecule has 1 saturated heterocycles. The normalized spacial score (nSPS) is 24.2. The highest BCUT2D eigenvalue weighted by molar-refractivity contribution is 6.08. The van der Waals surface area contributed by atoms with Crippen LogP contribution in [0.4, 0.5) is 5.69 Å². The van der Waals surface area contributed by atoms with Crippen molar-refractivity contribution in [2.45, 2.75) is 18.4 Å². The van der Waals surface area contributed by atoms with Gasteiger partial charge in [-0.05, 0) is 30.2 Å². The number of anilines is 1. The molecule has 0 bridgehead atoms. The van der Waals surface area contributed by atoms with Crippen molar-refractivity contribution in [2.24, 2.45) is 0 Å². The lowest BCUT2D eigenvalue weighted by molar-refractivity contribution is -0.122. The van der Waals surface area contributed by atoms with E-state index in [9.17, 15) is 4.79 Å². The topological polar surface area (TPSA) is 23.6 Å². The lowest BCUT2D eigenvalue weighted by Gasteiger charge is -2.23. The summed E-state index contributed by atoms with van der Waals surface area (Å²) in [5.41, 5.74) is 3.26. The number of carbonyl (C=O) groups is 1. The van der Waals surface area contributed by atoms with E-state index in [-0.39, 0.29) is 11.3 Å². The smallest absolute Gasteiger partial charge is 0.238 e. The molecule has 1 atom stereocenters. The Hall–Kier alpha value is -2.13. The molecule has 3 heteroatoms. The van der Waals surface area contributed by atoms with Gasteiger partial charge in [-0.25, -0.2) is 0 Å². The van der Waals surface area contributed by atoms with Gasteiger partial charge in [-0.1, -0.05) is 48.5 Å². The number of carbonyl (C=O) groups excluding carboxylic acids is 1. The molecule has 1 spiro atoms. The summed E-state index contributed by atoms with van der Waals surface area (Å²) >= 11 is 0. The third kappa shape index (κ3) is 1.89. The van der Waals surface area contributed by atoms with E-state index in [2.05, 4.69) is 41.3 Å². The van der Waals surface area contributed by atoms with Crippen LogP contribution in [0.2, 0.25) is 0 Å². The highest BCUT2D eigenvalue weighted by Crippen LogP contribution is 2.46. The zero-order chi connectivity index (χ0) is 15.2. The van der Waals surface area contributed by atoms with Gasteiger partial charge >= 0.3 is 0 Å². The molecule has 3 nitrogen and oxygen atoms in total. The standard InChI is InChI=1S/C19H20N2O/c1-20-17-10-6-5-9-16(17)19(18(20)22)11-12-21(14-19)13-15-7-3-2-4-8-15/h2-10H,11-14H2,1H3. The second-order valence-corrected chi connectivity index (χ2v) is 6.41. The van der Waals surface area contributed by atoms with Gasteiger partial charge in [0.25, 0.3) is 0 Å². The van der Waals surface area contributed by atoms with Gasteiger partial charge in [-0.15, -0.1) is 0 Å². The van der Waals surface area contributed by atoms with E-state index >= 15 is 0 Å². The summed E-state index contributed by atoms with van der Waals surface area (Å²) in [6, 6.07) is 18.7. The van der Waals surface area contributed by atoms with Crippen molar-refractivity contribution in [1.82, 2.24) is 4.90 Å². The number of hydrogen-bond acceptors (Lipinski definition) is 2. The molecular weight excluding hydrogens is 272 g/mol. The van der Waals surface area contributed by atoms with Crippen LogP contribution in [0.1, 0.15) is 17.5 Å². The van der Waals surface area contributed by atoms with Crippen molar-refractivity contribution < 1.29 is 4.79 Å².